The highest BCUT2D eigenvalue weighted by molar-refractivity contribution is 7.71. The van der Waals surface area contributed by atoms with Gasteiger partial charge in [0.05, 0.1) is 12.0 Å². The first kappa shape index (κ1) is 18.1. The standard InChI is InChI=1S/C20H21N5O3S/c26-18-14(5-6-15(21-18)16-2-1-11-28-16)19(27)24-9-7-12(8-10-24)17-22-23-20(29)25(17)13-3-4-13/h1-2,5-6,11-13H,3-4,7-10H2,(H,21,26)(H,23,29). The maximum absolute atomic E-state index is 12.9. The number of H-pyrrole nitrogens is 2. The third-order valence-corrected chi connectivity index (χ3v) is 6.01. The molecule has 0 aromatic carbocycles. The molecule has 150 valence electrons. The largest absolute Gasteiger partial charge is 0.463 e. The van der Waals surface area contributed by atoms with E-state index in [1.807, 2.05) is 0 Å². The second-order valence-electron chi connectivity index (χ2n) is 7.65. The van der Waals surface area contributed by atoms with Crippen molar-refractivity contribution in [2.24, 2.45) is 0 Å². The lowest BCUT2D eigenvalue weighted by atomic mass is 9.95. The Balaban J connectivity index is 1.29. The molecule has 0 spiro atoms. The van der Waals surface area contributed by atoms with Crippen molar-refractivity contribution in [2.75, 3.05) is 13.1 Å². The first-order valence-electron chi connectivity index (χ1n) is 9.85. The molecular formula is C20H21N5O3S. The Morgan fingerprint density at radius 3 is 2.62 bits per heavy atom. The second-order valence-corrected chi connectivity index (χ2v) is 8.03. The van der Waals surface area contributed by atoms with Crippen molar-refractivity contribution in [3.63, 3.8) is 0 Å². The number of furan rings is 1. The van der Waals surface area contributed by atoms with Crippen molar-refractivity contribution < 1.29 is 9.21 Å². The molecule has 0 bridgehead atoms. The molecule has 1 saturated carbocycles. The number of pyridine rings is 1. The first-order valence-corrected chi connectivity index (χ1v) is 10.3. The predicted molar refractivity (Wildman–Crippen MR) is 108 cm³/mol. The van der Waals surface area contributed by atoms with Gasteiger partial charge in [0.1, 0.15) is 17.1 Å². The predicted octanol–water partition coefficient (Wildman–Crippen LogP) is 3.24. The minimum atomic E-state index is -0.402. The molecule has 5 rings (SSSR count). The van der Waals surface area contributed by atoms with Gasteiger partial charge >= 0.3 is 0 Å². The van der Waals surface area contributed by atoms with Gasteiger partial charge in [-0.25, -0.2) is 0 Å². The Morgan fingerprint density at radius 2 is 1.97 bits per heavy atom. The van der Waals surface area contributed by atoms with Crippen molar-refractivity contribution in [3.8, 4) is 11.5 Å². The van der Waals surface area contributed by atoms with Crippen molar-refractivity contribution in [1.82, 2.24) is 24.6 Å². The molecule has 3 aromatic heterocycles. The number of aromatic amines is 2. The van der Waals surface area contributed by atoms with Gasteiger partial charge in [-0.1, -0.05) is 0 Å². The fourth-order valence-electron chi connectivity index (χ4n) is 4.02. The van der Waals surface area contributed by atoms with Crippen LogP contribution in [0.1, 0.15) is 53.8 Å². The number of rotatable bonds is 4. The molecule has 4 heterocycles. The van der Waals surface area contributed by atoms with E-state index in [9.17, 15) is 9.59 Å². The molecule has 2 fully saturated rings. The second kappa shape index (κ2) is 7.14. The molecule has 1 saturated heterocycles. The van der Waals surface area contributed by atoms with Gasteiger partial charge in [-0.2, -0.15) is 5.10 Å². The van der Waals surface area contributed by atoms with Gasteiger partial charge in [-0.05, 0) is 62.2 Å². The number of hydrogen-bond acceptors (Lipinski definition) is 5. The highest BCUT2D eigenvalue weighted by atomic mass is 32.1. The van der Waals surface area contributed by atoms with Crippen LogP contribution in [-0.2, 0) is 0 Å². The maximum Gasteiger partial charge on any atom is 0.261 e. The van der Waals surface area contributed by atoms with Crippen LogP contribution in [0, 0.1) is 4.77 Å². The molecule has 0 atom stereocenters. The topological polar surface area (TPSA) is 99.9 Å². The lowest BCUT2D eigenvalue weighted by Crippen LogP contribution is -2.40. The van der Waals surface area contributed by atoms with Crippen LogP contribution in [0.4, 0.5) is 0 Å². The van der Waals surface area contributed by atoms with Crippen LogP contribution in [0.25, 0.3) is 11.5 Å². The van der Waals surface area contributed by atoms with Crippen molar-refractivity contribution in [2.45, 2.75) is 37.6 Å². The summed E-state index contributed by atoms with van der Waals surface area (Å²) in [6, 6.07) is 7.26. The Bertz CT molecular complexity index is 1150. The summed E-state index contributed by atoms with van der Waals surface area (Å²) in [5.74, 6) is 1.60. The van der Waals surface area contributed by atoms with Gasteiger partial charge in [0, 0.05) is 25.0 Å². The van der Waals surface area contributed by atoms with E-state index in [1.54, 1.807) is 29.2 Å². The number of piperidine rings is 1. The summed E-state index contributed by atoms with van der Waals surface area (Å²) in [5, 5.41) is 7.38. The molecular weight excluding hydrogens is 390 g/mol. The van der Waals surface area contributed by atoms with Gasteiger partial charge in [0.25, 0.3) is 11.5 Å². The molecule has 9 heteroatoms. The van der Waals surface area contributed by atoms with Crippen molar-refractivity contribution >= 4 is 18.1 Å². The van der Waals surface area contributed by atoms with Crippen LogP contribution in [0.15, 0.2) is 39.7 Å². The highest BCUT2D eigenvalue weighted by Crippen LogP contribution is 2.39. The van der Waals surface area contributed by atoms with E-state index in [2.05, 4.69) is 19.7 Å². The quantitative estimate of drug-likeness (QED) is 0.642. The maximum atomic E-state index is 12.9. The first-order chi connectivity index (χ1) is 14.1. The number of aromatic nitrogens is 4. The Morgan fingerprint density at radius 1 is 1.17 bits per heavy atom. The van der Waals surface area contributed by atoms with Crippen molar-refractivity contribution in [1.29, 1.82) is 0 Å². The molecule has 2 aliphatic rings. The Labute approximate surface area is 171 Å². The summed E-state index contributed by atoms with van der Waals surface area (Å²) < 4.78 is 8.13. The number of carbonyl (C=O) groups is 1. The molecule has 3 aromatic rings. The average molecular weight is 411 g/mol. The number of hydrogen-bond donors (Lipinski definition) is 2. The summed E-state index contributed by atoms with van der Waals surface area (Å²) in [5.41, 5.74) is 0.304. The van der Waals surface area contributed by atoms with Crippen LogP contribution < -0.4 is 5.56 Å². The van der Waals surface area contributed by atoms with E-state index in [0.29, 0.717) is 35.4 Å². The molecule has 1 aliphatic heterocycles. The zero-order chi connectivity index (χ0) is 20.0. The normalized spacial score (nSPS) is 17.6. The number of nitrogens with zero attached hydrogens (tertiary/aromatic N) is 3. The molecule has 0 unspecified atom stereocenters. The summed E-state index contributed by atoms with van der Waals surface area (Å²) in [6.07, 6.45) is 5.45. The molecule has 1 aliphatic carbocycles. The number of nitrogens with one attached hydrogen (secondary N) is 2. The van der Waals surface area contributed by atoms with E-state index in [4.69, 9.17) is 16.6 Å². The Hall–Kier alpha value is -2.94. The molecule has 8 nitrogen and oxygen atoms in total. The lowest BCUT2D eigenvalue weighted by Gasteiger charge is -2.31. The lowest BCUT2D eigenvalue weighted by molar-refractivity contribution is 0.0708. The monoisotopic (exact) mass is 411 g/mol. The summed E-state index contributed by atoms with van der Waals surface area (Å²) >= 11 is 5.38. The zero-order valence-corrected chi connectivity index (χ0v) is 16.6. The van der Waals surface area contributed by atoms with Crippen LogP contribution in [0.2, 0.25) is 0 Å². The third-order valence-electron chi connectivity index (χ3n) is 5.72. The van der Waals surface area contributed by atoms with Gasteiger partial charge in [0.15, 0.2) is 4.77 Å². The van der Waals surface area contributed by atoms with Crippen LogP contribution in [0.5, 0.6) is 0 Å². The minimum absolute atomic E-state index is 0.152. The van der Waals surface area contributed by atoms with E-state index >= 15 is 0 Å². The fourth-order valence-corrected chi connectivity index (χ4v) is 4.31. The van der Waals surface area contributed by atoms with Crippen molar-refractivity contribution in [3.05, 3.63) is 57.0 Å². The van der Waals surface area contributed by atoms with Gasteiger partial charge < -0.3 is 18.9 Å². The highest BCUT2D eigenvalue weighted by Gasteiger charge is 2.33. The van der Waals surface area contributed by atoms with Gasteiger partial charge in [0.2, 0.25) is 0 Å². The number of amides is 1. The van der Waals surface area contributed by atoms with Crippen LogP contribution in [-0.4, -0.2) is 43.6 Å². The molecule has 0 radical (unpaired) electrons. The van der Waals surface area contributed by atoms with Gasteiger partial charge in [-0.15, -0.1) is 0 Å². The van der Waals surface area contributed by atoms with Crippen LogP contribution in [0.3, 0.4) is 0 Å². The summed E-state index contributed by atoms with van der Waals surface area (Å²) in [4.78, 5) is 29.8. The molecule has 29 heavy (non-hydrogen) atoms. The summed E-state index contributed by atoms with van der Waals surface area (Å²) in [6.45, 7) is 1.18. The zero-order valence-electron chi connectivity index (χ0n) is 15.8. The van der Waals surface area contributed by atoms with Crippen LogP contribution >= 0.6 is 12.2 Å². The number of likely N-dealkylation sites (tertiary alicyclic amines) is 1. The number of carbonyl (C=O) groups excluding carboxylic acids is 1. The van der Waals surface area contributed by atoms with E-state index in [-0.39, 0.29) is 17.4 Å². The van der Waals surface area contributed by atoms with E-state index < -0.39 is 5.56 Å². The fraction of sp³-hybridized carbons (Fsp3) is 0.400. The SMILES string of the molecule is O=C(c1ccc(-c2ccco2)[nH]c1=O)N1CCC(c2n[nH]c(=S)n2C2CC2)CC1. The van der Waals surface area contributed by atoms with Gasteiger partial charge in [-0.3, -0.25) is 14.7 Å². The smallest absolute Gasteiger partial charge is 0.261 e. The average Bonchev–Trinajstić information content (AvgIpc) is 3.26. The Kier molecular flexibility index (Phi) is 4.46. The van der Waals surface area contributed by atoms with E-state index in [1.165, 1.54) is 6.26 Å². The summed E-state index contributed by atoms with van der Waals surface area (Å²) in [7, 11) is 0. The minimum Gasteiger partial charge on any atom is -0.463 e. The van der Waals surface area contributed by atoms with E-state index in [0.717, 1.165) is 31.5 Å². The molecule has 1 amide bonds. The third kappa shape index (κ3) is 3.35. The molecule has 2 N–H and O–H groups in total.